The van der Waals surface area contributed by atoms with Gasteiger partial charge < -0.3 is 11.1 Å². The molecule has 84 valence electrons. The van der Waals surface area contributed by atoms with Crippen LogP contribution in [-0.4, -0.2) is 20.9 Å². The topological polar surface area (TPSA) is 80.9 Å². The van der Waals surface area contributed by atoms with Crippen LogP contribution in [0, 0.1) is 5.41 Å². The van der Waals surface area contributed by atoms with Gasteiger partial charge in [-0.25, -0.2) is 9.97 Å². The number of nitrogens with zero attached hydrogens (tertiary/aromatic N) is 2. The highest BCUT2D eigenvalue weighted by molar-refractivity contribution is 9.10. The second-order valence-corrected chi connectivity index (χ2v) is 4.88. The lowest BCUT2D eigenvalue weighted by Gasteiger charge is -2.12. The van der Waals surface area contributed by atoms with E-state index in [1.54, 1.807) is 0 Å². The number of hydrogen-bond acceptors (Lipinski definition) is 4. The zero-order chi connectivity index (χ0) is 11.8. The normalized spacial score (nSPS) is 16.6. The number of carbonyl (C=O) groups is 1. The van der Waals surface area contributed by atoms with Gasteiger partial charge in [0.2, 0.25) is 5.91 Å². The zero-order valence-electron chi connectivity index (χ0n) is 8.24. The van der Waals surface area contributed by atoms with Crippen molar-refractivity contribution in [1.29, 1.82) is 0 Å². The Morgan fingerprint density at radius 2 is 2.19 bits per heavy atom. The van der Waals surface area contributed by atoms with Crippen LogP contribution in [0.25, 0.3) is 0 Å². The Hall–Kier alpha value is -1.08. The Balaban J connectivity index is 2.08. The minimum absolute atomic E-state index is 0.198. The molecule has 1 heterocycles. The van der Waals surface area contributed by atoms with Gasteiger partial charge in [-0.3, -0.25) is 4.79 Å². The highest BCUT2D eigenvalue weighted by atomic mass is 79.9. The molecule has 1 aromatic heterocycles. The Labute approximate surface area is 106 Å². The van der Waals surface area contributed by atoms with Crippen molar-refractivity contribution < 1.29 is 4.79 Å². The fourth-order valence-electron chi connectivity index (χ4n) is 1.32. The standard InChI is InChI=1S/C9H9BrN4OS/c10-5-3-13-6(4-12-5)14-8(15)9(1-2-9)7(11)16/h3-4H,1-2H2,(H2,11,16)(H,13,14,15). The van der Waals surface area contributed by atoms with Crippen molar-refractivity contribution in [2.24, 2.45) is 11.1 Å². The van der Waals surface area contributed by atoms with Gasteiger partial charge >= 0.3 is 0 Å². The lowest BCUT2D eigenvalue weighted by molar-refractivity contribution is -0.118. The quantitative estimate of drug-likeness (QED) is 0.821. The lowest BCUT2D eigenvalue weighted by atomic mass is 10.1. The number of carbonyl (C=O) groups excluding carboxylic acids is 1. The molecule has 3 N–H and O–H groups in total. The van der Waals surface area contributed by atoms with Crippen molar-refractivity contribution in [2.45, 2.75) is 12.8 Å². The fraction of sp³-hybridized carbons (Fsp3) is 0.333. The molecule has 0 radical (unpaired) electrons. The number of aromatic nitrogens is 2. The second-order valence-electron chi connectivity index (χ2n) is 3.62. The first-order valence-corrected chi connectivity index (χ1v) is 5.84. The molecule has 1 aromatic rings. The highest BCUT2D eigenvalue weighted by Crippen LogP contribution is 2.46. The van der Waals surface area contributed by atoms with Gasteiger partial charge in [0.15, 0.2) is 5.82 Å². The monoisotopic (exact) mass is 300 g/mol. The van der Waals surface area contributed by atoms with Crippen molar-refractivity contribution >= 4 is 44.9 Å². The molecule has 0 unspecified atom stereocenters. The number of thiocarbonyl (C=S) groups is 1. The molecule has 16 heavy (non-hydrogen) atoms. The maximum absolute atomic E-state index is 11.9. The van der Waals surface area contributed by atoms with Crippen LogP contribution in [-0.2, 0) is 4.79 Å². The molecule has 0 aliphatic heterocycles. The number of anilines is 1. The number of hydrogen-bond donors (Lipinski definition) is 2. The SMILES string of the molecule is NC(=S)C1(C(=O)Nc2cnc(Br)cn2)CC1. The van der Waals surface area contributed by atoms with Crippen LogP contribution in [0.3, 0.4) is 0 Å². The third-order valence-electron chi connectivity index (χ3n) is 2.52. The van der Waals surface area contributed by atoms with Gasteiger partial charge in [-0.05, 0) is 28.8 Å². The molecule has 1 amide bonds. The van der Waals surface area contributed by atoms with Gasteiger partial charge in [0.25, 0.3) is 0 Å². The van der Waals surface area contributed by atoms with Crippen LogP contribution in [0.2, 0.25) is 0 Å². The van der Waals surface area contributed by atoms with Crippen LogP contribution in [0.1, 0.15) is 12.8 Å². The molecule has 1 fully saturated rings. The number of nitrogens with one attached hydrogen (secondary N) is 1. The summed E-state index contributed by atoms with van der Waals surface area (Å²) in [6, 6.07) is 0. The van der Waals surface area contributed by atoms with Crippen LogP contribution in [0.15, 0.2) is 17.0 Å². The van der Waals surface area contributed by atoms with E-state index < -0.39 is 5.41 Å². The summed E-state index contributed by atoms with van der Waals surface area (Å²) in [4.78, 5) is 20.1. The first-order valence-electron chi connectivity index (χ1n) is 4.63. The molecule has 0 bridgehead atoms. The molecule has 1 aliphatic carbocycles. The van der Waals surface area contributed by atoms with Gasteiger partial charge in [-0.2, -0.15) is 0 Å². The van der Waals surface area contributed by atoms with Gasteiger partial charge in [0.1, 0.15) is 4.60 Å². The van der Waals surface area contributed by atoms with Crippen LogP contribution in [0.4, 0.5) is 5.82 Å². The largest absolute Gasteiger partial charge is 0.392 e. The maximum atomic E-state index is 11.9. The van der Waals surface area contributed by atoms with Crippen LogP contribution < -0.4 is 11.1 Å². The van der Waals surface area contributed by atoms with Crippen molar-refractivity contribution in [2.75, 3.05) is 5.32 Å². The summed E-state index contributed by atoms with van der Waals surface area (Å²) in [6.45, 7) is 0. The smallest absolute Gasteiger partial charge is 0.238 e. The minimum atomic E-state index is -0.663. The molecule has 2 rings (SSSR count). The summed E-state index contributed by atoms with van der Waals surface area (Å²) in [6.07, 6.45) is 4.39. The summed E-state index contributed by atoms with van der Waals surface area (Å²) >= 11 is 8.04. The van der Waals surface area contributed by atoms with E-state index >= 15 is 0 Å². The van der Waals surface area contributed by atoms with Crippen molar-refractivity contribution in [3.8, 4) is 0 Å². The molecule has 0 saturated heterocycles. The first-order chi connectivity index (χ1) is 7.54. The summed E-state index contributed by atoms with van der Waals surface area (Å²) in [5, 5.41) is 2.65. The predicted octanol–water partition coefficient (Wildman–Crippen LogP) is 1.24. The third-order valence-corrected chi connectivity index (χ3v) is 3.32. The maximum Gasteiger partial charge on any atom is 0.238 e. The molecule has 0 aromatic carbocycles. The molecule has 1 saturated carbocycles. The van der Waals surface area contributed by atoms with E-state index in [0.717, 1.165) is 0 Å². The van der Waals surface area contributed by atoms with Crippen molar-refractivity contribution in [3.05, 3.63) is 17.0 Å². The summed E-state index contributed by atoms with van der Waals surface area (Å²) in [5.74, 6) is 0.201. The summed E-state index contributed by atoms with van der Waals surface area (Å²) in [5.41, 5.74) is 4.88. The second kappa shape index (κ2) is 4.06. The Kier molecular flexibility index (Phi) is 2.90. The molecule has 1 aliphatic rings. The van der Waals surface area contributed by atoms with Crippen LogP contribution >= 0.6 is 28.1 Å². The summed E-state index contributed by atoms with van der Waals surface area (Å²) in [7, 11) is 0. The van der Waals surface area contributed by atoms with Crippen molar-refractivity contribution in [3.63, 3.8) is 0 Å². The average Bonchev–Trinajstić information content (AvgIpc) is 3.02. The van der Waals surface area contributed by atoms with E-state index in [-0.39, 0.29) is 10.9 Å². The van der Waals surface area contributed by atoms with Crippen LogP contribution in [0.5, 0.6) is 0 Å². The molecule has 0 spiro atoms. The van der Waals surface area contributed by atoms with Crippen molar-refractivity contribution in [1.82, 2.24) is 9.97 Å². The van der Waals surface area contributed by atoms with E-state index in [2.05, 4.69) is 31.2 Å². The van der Waals surface area contributed by atoms with E-state index in [9.17, 15) is 4.79 Å². The predicted molar refractivity (Wildman–Crippen MR) is 66.8 cm³/mol. The fourth-order valence-corrected chi connectivity index (χ4v) is 1.82. The van der Waals surface area contributed by atoms with Gasteiger partial charge in [0, 0.05) is 0 Å². The van der Waals surface area contributed by atoms with E-state index in [1.165, 1.54) is 12.4 Å². The number of nitrogens with two attached hydrogens (primary N) is 1. The molecular weight excluding hydrogens is 292 g/mol. The van der Waals surface area contributed by atoms with E-state index in [4.69, 9.17) is 18.0 Å². The van der Waals surface area contributed by atoms with Gasteiger partial charge in [-0.1, -0.05) is 12.2 Å². The van der Waals surface area contributed by atoms with Gasteiger partial charge in [0.05, 0.1) is 22.8 Å². The number of rotatable bonds is 3. The minimum Gasteiger partial charge on any atom is -0.392 e. The molecule has 7 heteroatoms. The highest BCUT2D eigenvalue weighted by Gasteiger charge is 2.52. The number of amides is 1. The average molecular weight is 301 g/mol. The summed E-state index contributed by atoms with van der Waals surface area (Å²) < 4.78 is 0.612. The Morgan fingerprint density at radius 3 is 2.62 bits per heavy atom. The molecule has 5 nitrogen and oxygen atoms in total. The Morgan fingerprint density at radius 1 is 1.50 bits per heavy atom. The third kappa shape index (κ3) is 2.05. The number of halogens is 1. The Bertz CT molecular complexity index is 443. The van der Waals surface area contributed by atoms with Gasteiger partial charge in [-0.15, -0.1) is 0 Å². The molecular formula is C9H9BrN4OS. The molecule has 0 atom stereocenters. The zero-order valence-corrected chi connectivity index (χ0v) is 10.6. The van der Waals surface area contributed by atoms with E-state index in [0.29, 0.717) is 23.3 Å². The van der Waals surface area contributed by atoms with E-state index in [1.807, 2.05) is 0 Å². The lowest BCUT2D eigenvalue weighted by Crippen LogP contribution is -2.35. The first kappa shape index (κ1) is 11.4.